The van der Waals surface area contributed by atoms with Crippen molar-refractivity contribution in [2.45, 2.75) is 13.3 Å². The number of anilines is 1. The molecule has 0 fully saturated rings. The van der Waals surface area contributed by atoms with Crippen LogP contribution in [0.4, 0.5) is 5.69 Å². The predicted molar refractivity (Wildman–Crippen MR) is 45.5 cm³/mol. The second kappa shape index (κ2) is 3.76. The summed E-state index contributed by atoms with van der Waals surface area (Å²) in [5.41, 5.74) is 0.564. The van der Waals surface area contributed by atoms with E-state index in [0.29, 0.717) is 12.1 Å². The van der Waals surface area contributed by atoms with Crippen LogP contribution in [-0.4, -0.2) is 5.91 Å². The van der Waals surface area contributed by atoms with E-state index in [0.717, 1.165) is 0 Å². The normalized spacial score (nSPS) is 9.42. The number of rotatable bonds is 2. The smallest absolute Gasteiger partial charge is 0.224 e. The van der Waals surface area contributed by atoms with Crippen molar-refractivity contribution in [3.8, 4) is 5.75 Å². The average Bonchev–Trinajstić information content (AvgIpc) is 2.04. The molecule has 0 bridgehead atoms. The lowest BCUT2D eigenvalue weighted by Gasteiger charge is -2.01. The fraction of sp³-hybridized carbons (Fsp3) is 0.222. The van der Waals surface area contributed by atoms with Crippen molar-refractivity contribution in [1.82, 2.24) is 0 Å². The zero-order valence-corrected chi connectivity index (χ0v) is 6.83. The summed E-state index contributed by atoms with van der Waals surface area (Å²) < 4.78 is 0. The third-order valence-corrected chi connectivity index (χ3v) is 1.44. The number of amides is 1. The zero-order valence-electron chi connectivity index (χ0n) is 6.83. The minimum atomic E-state index is -0.0936. The van der Waals surface area contributed by atoms with Gasteiger partial charge in [0, 0.05) is 18.2 Å². The molecule has 1 rings (SSSR count). The Morgan fingerprint density at radius 3 is 2.83 bits per heavy atom. The summed E-state index contributed by atoms with van der Waals surface area (Å²) in [6.07, 6.45) is 0.420. The maximum atomic E-state index is 10.9. The minimum Gasteiger partial charge on any atom is -0.326 e. The van der Waals surface area contributed by atoms with Crippen molar-refractivity contribution in [2.24, 2.45) is 0 Å². The van der Waals surface area contributed by atoms with E-state index in [2.05, 4.69) is 5.32 Å². The lowest BCUT2D eigenvalue weighted by Crippen LogP contribution is -2.08. The molecule has 3 nitrogen and oxygen atoms in total. The molecule has 0 aromatic heterocycles. The van der Waals surface area contributed by atoms with E-state index in [1.54, 1.807) is 19.1 Å². The Kier molecular flexibility index (Phi) is 2.69. The van der Waals surface area contributed by atoms with Gasteiger partial charge in [-0.1, -0.05) is 13.0 Å². The molecule has 0 aliphatic carbocycles. The Labute approximate surface area is 71.0 Å². The first-order valence-corrected chi connectivity index (χ1v) is 3.79. The fourth-order valence-electron chi connectivity index (χ4n) is 0.823. The number of benzene rings is 1. The van der Waals surface area contributed by atoms with Gasteiger partial charge in [0.2, 0.25) is 5.91 Å². The van der Waals surface area contributed by atoms with E-state index < -0.39 is 0 Å². The van der Waals surface area contributed by atoms with E-state index in [4.69, 9.17) is 0 Å². The van der Waals surface area contributed by atoms with Crippen LogP contribution in [0.25, 0.3) is 0 Å². The van der Waals surface area contributed by atoms with E-state index in [9.17, 15) is 9.90 Å². The van der Waals surface area contributed by atoms with Gasteiger partial charge < -0.3 is 5.32 Å². The molecule has 0 spiro atoms. The van der Waals surface area contributed by atoms with Gasteiger partial charge in [0.25, 0.3) is 0 Å². The van der Waals surface area contributed by atoms with Gasteiger partial charge in [-0.25, -0.2) is 0 Å². The van der Waals surface area contributed by atoms with Crippen LogP contribution in [-0.2, 0) is 9.90 Å². The fourth-order valence-corrected chi connectivity index (χ4v) is 0.823. The molecule has 3 heteroatoms. The standard InChI is InChI=1S/C9H10NO2/c1-2-9(12)10-7-4-3-5-8(11)6-7/h3-6H,2H2,1H3,(H,10,12). The number of carbonyl (C=O) groups excluding carboxylic acids is 1. The van der Waals surface area contributed by atoms with E-state index in [1.165, 1.54) is 12.1 Å². The van der Waals surface area contributed by atoms with Crippen LogP contribution < -0.4 is 5.32 Å². The van der Waals surface area contributed by atoms with Gasteiger partial charge in [-0.15, -0.1) is 0 Å². The van der Waals surface area contributed by atoms with Crippen molar-refractivity contribution in [3.63, 3.8) is 0 Å². The first-order valence-electron chi connectivity index (χ1n) is 3.79. The van der Waals surface area contributed by atoms with Gasteiger partial charge in [-0.3, -0.25) is 9.90 Å². The van der Waals surface area contributed by atoms with Crippen molar-refractivity contribution in [3.05, 3.63) is 24.3 Å². The predicted octanol–water partition coefficient (Wildman–Crippen LogP) is 2.18. The molecule has 63 valence electrons. The third kappa shape index (κ3) is 2.27. The van der Waals surface area contributed by atoms with Crippen LogP contribution in [0.15, 0.2) is 24.3 Å². The third-order valence-electron chi connectivity index (χ3n) is 1.44. The molecule has 1 amide bonds. The molecule has 0 saturated heterocycles. The Balaban J connectivity index is 2.69. The van der Waals surface area contributed by atoms with E-state index in [-0.39, 0.29) is 11.7 Å². The molecule has 0 heterocycles. The van der Waals surface area contributed by atoms with Gasteiger partial charge in [-0.05, 0) is 12.1 Å². The second-order valence-corrected chi connectivity index (χ2v) is 2.43. The van der Waals surface area contributed by atoms with Gasteiger partial charge in [0.05, 0.1) is 0 Å². The monoisotopic (exact) mass is 164 g/mol. The van der Waals surface area contributed by atoms with Gasteiger partial charge in [0.15, 0.2) is 5.75 Å². The molecule has 1 N–H and O–H groups in total. The number of hydrogen-bond donors (Lipinski definition) is 1. The molecule has 12 heavy (non-hydrogen) atoms. The molecule has 0 unspecified atom stereocenters. The first kappa shape index (κ1) is 8.59. The molecule has 1 aromatic rings. The molecular formula is C9H10NO2. The molecule has 0 aliphatic heterocycles. The second-order valence-electron chi connectivity index (χ2n) is 2.43. The number of nitrogens with one attached hydrogen (secondary N) is 1. The van der Waals surface area contributed by atoms with Crippen LogP contribution in [0, 0.1) is 0 Å². The van der Waals surface area contributed by atoms with Crippen molar-refractivity contribution < 1.29 is 9.90 Å². The average molecular weight is 164 g/mol. The largest absolute Gasteiger partial charge is 0.326 e. The highest BCUT2D eigenvalue weighted by Gasteiger charge is 1.98. The molecule has 0 saturated carbocycles. The topological polar surface area (TPSA) is 49.0 Å². The molecule has 0 aliphatic rings. The summed E-state index contributed by atoms with van der Waals surface area (Å²) in [4.78, 5) is 10.9. The van der Waals surface area contributed by atoms with Gasteiger partial charge in [-0.2, -0.15) is 0 Å². The Morgan fingerprint density at radius 2 is 2.25 bits per heavy atom. The summed E-state index contributed by atoms with van der Waals surface area (Å²) in [6, 6.07) is 6.15. The van der Waals surface area contributed by atoms with Crippen LogP contribution >= 0.6 is 0 Å². The number of carbonyl (C=O) groups is 1. The minimum absolute atomic E-state index is 0.0828. The Morgan fingerprint density at radius 1 is 1.50 bits per heavy atom. The lowest BCUT2D eigenvalue weighted by atomic mass is 10.3. The highest BCUT2D eigenvalue weighted by molar-refractivity contribution is 5.90. The van der Waals surface area contributed by atoms with Gasteiger partial charge in [0.1, 0.15) is 0 Å². The molecule has 1 radical (unpaired) electrons. The Bertz CT molecular complexity index is 284. The summed E-state index contributed by atoms with van der Waals surface area (Å²) in [5, 5.41) is 13.4. The van der Waals surface area contributed by atoms with Crippen LogP contribution in [0.3, 0.4) is 0 Å². The van der Waals surface area contributed by atoms with E-state index in [1.807, 2.05) is 0 Å². The quantitative estimate of drug-likeness (QED) is 0.715. The summed E-state index contributed by atoms with van der Waals surface area (Å²) >= 11 is 0. The van der Waals surface area contributed by atoms with Crippen molar-refractivity contribution in [2.75, 3.05) is 5.32 Å². The van der Waals surface area contributed by atoms with E-state index >= 15 is 0 Å². The van der Waals surface area contributed by atoms with Crippen LogP contribution in [0.1, 0.15) is 13.3 Å². The molecular weight excluding hydrogens is 154 g/mol. The SMILES string of the molecule is CCC(=O)Nc1cccc([O])c1. The maximum absolute atomic E-state index is 10.9. The van der Waals surface area contributed by atoms with Crippen LogP contribution in [0.5, 0.6) is 5.75 Å². The Hall–Kier alpha value is -1.51. The van der Waals surface area contributed by atoms with Crippen molar-refractivity contribution in [1.29, 1.82) is 0 Å². The summed E-state index contributed by atoms with van der Waals surface area (Å²) in [5.74, 6) is -0.176. The molecule has 1 aromatic carbocycles. The zero-order chi connectivity index (χ0) is 8.97. The molecule has 0 atom stereocenters. The van der Waals surface area contributed by atoms with Crippen molar-refractivity contribution >= 4 is 11.6 Å². The van der Waals surface area contributed by atoms with Gasteiger partial charge >= 0.3 is 0 Å². The maximum Gasteiger partial charge on any atom is 0.224 e. The highest BCUT2D eigenvalue weighted by atomic mass is 16.3. The first-order chi connectivity index (χ1) is 5.72. The lowest BCUT2D eigenvalue weighted by molar-refractivity contribution is -0.115. The summed E-state index contributed by atoms with van der Waals surface area (Å²) in [7, 11) is 0. The van der Waals surface area contributed by atoms with Crippen LogP contribution in [0.2, 0.25) is 0 Å². The number of hydrogen-bond acceptors (Lipinski definition) is 1. The summed E-state index contributed by atoms with van der Waals surface area (Å²) in [6.45, 7) is 1.76. The highest BCUT2D eigenvalue weighted by Crippen LogP contribution is 2.15.